The SMILES string of the molecule is CNC1(C)CCN(C(=O)c2cc(Cl)ccc2OC)CC1. The molecule has 4 nitrogen and oxygen atoms in total. The minimum atomic E-state index is -0.0116. The summed E-state index contributed by atoms with van der Waals surface area (Å²) in [5.41, 5.74) is 0.655. The highest BCUT2D eigenvalue weighted by Gasteiger charge is 2.31. The van der Waals surface area contributed by atoms with Crippen molar-refractivity contribution in [2.24, 2.45) is 0 Å². The van der Waals surface area contributed by atoms with Crippen molar-refractivity contribution in [3.05, 3.63) is 28.8 Å². The van der Waals surface area contributed by atoms with Crippen LogP contribution in [-0.2, 0) is 0 Å². The molecule has 0 saturated carbocycles. The first-order valence-electron chi connectivity index (χ1n) is 6.81. The van der Waals surface area contributed by atoms with Crippen molar-refractivity contribution in [1.29, 1.82) is 0 Å². The number of likely N-dealkylation sites (tertiary alicyclic amines) is 1. The smallest absolute Gasteiger partial charge is 0.257 e. The lowest BCUT2D eigenvalue weighted by molar-refractivity contribution is 0.0658. The highest BCUT2D eigenvalue weighted by molar-refractivity contribution is 6.31. The molecule has 0 aromatic heterocycles. The Morgan fingerprint density at radius 2 is 2.05 bits per heavy atom. The van der Waals surface area contributed by atoms with Gasteiger partial charge in [-0.1, -0.05) is 11.6 Å². The molecule has 5 heteroatoms. The van der Waals surface area contributed by atoms with Crippen LogP contribution < -0.4 is 10.1 Å². The van der Waals surface area contributed by atoms with Crippen molar-refractivity contribution in [2.75, 3.05) is 27.2 Å². The van der Waals surface area contributed by atoms with E-state index in [2.05, 4.69) is 12.2 Å². The molecule has 1 saturated heterocycles. The molecule has 20 heavy (non-hydrogen) atoms. The van der Waals surface area contributed by atoms with E-state index in [1.165, 1.54) is 0 Å². The Labute approximate surface area is 125 Å². The molecule has 1 amide bonds. The normalized spacial score (nSPS) is 17.9. The van der Waals surface area contributed by atoms with Gasteiger partial charge in [-0.3, -0.25) is 4.79 Å². The van der Waals surface area contributed by atoms with E-state index in [1.807, 2.05) is 11.9 Å². The third-order valence-electron chi connectivity index (χ3n) is 4.15. The first kappa shape index (κ1) is 15.1. The molecular weight excluding hydrogens is 276 g/mol. The number of rotatable bonds is 3. The molecule has 0 radical (unpaired) electrons. The summed E-state index contributed by atoms with van der Waals surface area (Å²) in [6.07, 6.45) is 1.89. The van der Waals surface area contributed by atoms with Crippen LogP contribution in [-0.4, -0.2) is 43.6 Å². The first-order chi connectivity index (χ1) is 9.49. The maximum atomic E-state index is 12.6. The molecule has 1 aliphatic rings. The predicted molar refractivity (Wildman–Crippen MR) is 80.6 cm³/mol. The van der Waals surface area contributed by atoms with E-state index in [9.17, 15) is 4.79 Å². The molecule has 1 heterocycles. The zero-order chi connectivity index (χ0) is 14.8. The van der Waals surface area contributed by atoms with Gasteiger partial charge in [-0.25, -0.2) is 0 Å². The number of ether oxygens (including phenoxy) is 1. The summed E-state index contributed by atoms with van der Waals surface area (Å²) in [5, 5.41) is 3.87. The topological polar surface area (TPSA) is 41.6 Å². The summed E-state index contributed by atoms with van der Waals surface area (Å²) < 4.78 is 5.26. The molecule has 1 aromatic rings. The molecule has 0 aliphatic carbocycles. The number of carbonyl (C=O) groups is 1. The van der Waals surface area contributed by atoms with Crippen LogP contribution in [0.3, 0.4) is 0 Å². The molecule has 0 atom stereocenters. The van der Waals surface area contributed by atoms with Crippen molar-refractivity contribution in [3.8, 4) is 5.75 Å². The molecule has 1 fully saturated rings. The van der Waals surface area contributed by atoms with E-state index in [4.69, 9.17) is 16.3 Å². The quantitative estimate of drug-likeness (QED) is 0.932. The summed E-state index contributed by atoms with van der Waals surface area (Å²) in [5.74, 6) is 0.559. The minimum absolute atomic E-state index is 0.0116. The Morgan fingerprint density at radius 3 is 2.60 bits per heavy atom. The zero-order valence-corrected chi connectivity index (χ0v) is 13.0. The summed E-state index contributed by atoms with van der Waals surface area (Å²) in [4.78, 5) is 14.5. The van der Waals surface area contributed by atoms with Crippen LogP contribution in [0.25, 0.3) is 0 Å². The van der Waals surface area contributed by atoms with Crippen molar-refractivity contribution >= 4 is 17.5 Å². The van der Waals surface area contributed by atoms with Crippen molar-refractivity contribution in [1.82, 2.24) is 10.2 Å². The fourth-order valence-electron chi connectivity index (χ4n) is 2.47. The average molecular weight is 297 g/mol. The van der Waals surface area contributed by atoms with Gasteiger partial charge in [0.15, 0.2) is 0 Å². The van der Waals surface area contributed by atoms with Gasteiger partial charge in [0.1, 0.15) is 5.75 Å². The summed E-state index contributed by atoms with van der Waals surface area (Å²) >= 11 is 5.99. The number of nitrogens with zero attached hydrogens (tertiary/aromatic N) is 1. The Kier molecular flexibility index (Phi) is 4.55. The second-order valence-electron chi connectivity index (χ2n) is 5.45. The third kappa shape index (κ3) is 3.07. The van der Waals surface area contributed by atoms with Gasteiger partial charge in [0.25, 0.3) is 5.91 Å². The molecule has 0 bridgehead atoms. The number of hydrogen-bond acceptors (Lipinski definition) is 3. The molecule has 1 N–H and O–H groups in total. The largest absolute Gasteiger partial charge is 0.496 e. The number of halogens is 1. The van der Waals surface area contributed by atoms with Gasteiger partial charge in [-0.2, -0.15) is 0 Å². The Morgan fingerprint density at radius 1 is 1.40 bits per heavy atom. The Hall–Kier alpha value is -1.26. The second-order valence-corrected chi connectivity index (χ2v) is 5.88. The Balaban J connectivity index is 2.15. The summed E-state index contributed by atoms with van der Waals surface area (Å²) in [6, 6.07) is 5.14. The number of nitrogens with one attached hydrogen (secondary N) is 1. The van der Waals surface area contributed by atoms with Gasteiger partial charge in [-0.05, 0) is 45.0 Å². The standard InChI is InChI=1S/C15H21ClN2O2/c1-15(17-2)6-8-18(9-7-15)14(19)12-10-11(16)4-5-13(12)20-3/h4-5,10,17H,6-9H2,1-3H3. The molecule has 0 spiro atoms. The molecule has 1 aromatic carbocycles. The van der Waals surface area contributed by atoms with Crippen molar-refractivity contribution in [3.63, 3.8) is 0 Å². The maximum absolute atomic E-state index is 12.6. The van der Waals surface area contributed by atoms with Crippen LogP contribution in [0.1, 0.15) is 30.1 Å². The second kappa shape index (κ2) is 6.02. The predicted octanol–water partition coefficient (Wildman–Crippen LogP) is 2.56. The third-order valence-corrected chi connectivity index (χ3v) is 4.38. The molecule has 1 aliphatic heterocycles. The van der Waals surface area contributed by atoms with Crippen LogP contribution in [0, 0.1) is 0 Å². The average Bonchev–Trinajstić information content (AvgIpc) is 2.47. The summed E-state index contributed by atoms with van der Waals surface area (Å²) in [6.45, 7) is 3.67. The number of carbonyl (C=O) groups excluding carboxylic acids is 1. The minimum Gasteiger partial charge on any atom is -0.496 e. The molecule has 2 rings (SSSR count). The Bertz CT molecular complexity index is 497. The lowest BCUT2D eigenvalue weighted by atomic mass is 9.89. The van der Waals surface area contributed by atoms with Crippen LogP contribution >= 0.6 is 11.6 Å². The maximum Gasteiger partial charge on any atom is 0.257 e. The molecular formula is C15H21ClN2O2. The van der Waals surface area contributed by atoms with Gasteiger partial charge < -0.3 is 15.0 Å². The summed E-state index contributed by atoms with van der Waals surface area (Å²) in [7, 11) is 3.53. The lowest BCUT2D eigenvalue weighted by Gasteiger charge is -2.39. The number of benzene rings is 1. The van der Waals surface area contributed by atoms with Crippen LogP contribution in [0.5, 0.6) is 5.75 Å². The highest BCUT2D eigenvalue weighted by atomic mass is 35.5. The van der Waals surface area contributed by atoms with Gasteiger partial charge in [0.05, 0.1) is 12.7 Å². The van der Waals surface area contributed by atoms with E-state index in [0.717, 1.165) is 25.9 Å². The number of piperidine rings is 1. The van der Waals surface area contributed by atoms with Crippen molar-refractivity contribution in [2.45, 2.75) is 25.3 Å². The fraction of sp³-hybridized carbons (Fsp3) is 0.533. The van der Waals surface area contributed by atoms with E-state index in [1.54, 1.807) is 25.3 Å². The fourth-order valence-corrected chi connectivity index (χ4v) is 2.64. The first-order valence-corrected chi connectivity index (χ1v) is 7.18. The highest BCUT2D eigenvalue weighted by Crippen LogP contribution is 2.27. The van der Waals surface area contributed by atoms with E-state index < -0.39 is 0 Å². The van der Waals surface area contributed by atoms with E-state index >= 15 is 0 Å². The van der Waals surface area contributed by atoms with E-state index in [-0.39, 0.29) is 11.4 Å². The lowest BCUT2D eigenvalue weighted by Crippen LogP contribution is -2.51. The van der Waals surface area contributed by atoms with Gasteiger partial charge in [0, 0.05) is 23.7 Å². The van der Waals surface area contributed by atoms with Gasteiger partial charge in [0.2, 0.25) is 0 Å². The van der Waals surface area contributed by atoms with Crippen LogP contribution in [0.4, 0.5) is 0 Å². The van der Waals surface area contributed by atoms with E-state index in [0.29, 0.717) is 16.3 Å². The number of methoxy groups -OCH3 is 1. The number of amides is 1. The molecule has 0 unspecified atom stereocenters. The monoisotopic (exact) mass is 296 g/mol. The van der Waals surface area contributed by atoms with Crippen LogP contribution in [0.15, 0.2) is 18.2 Å². The van der Waals surface area contributed by atoms with Gasteiger partial charge >= 0.3 is 0 Å². The molecule has 110 valence electrons. The van der Waals surface area contributed by atoms with Crippen molar-refractivity contribution < 1.29 is 9.53 Å². The zero-order valence-electron chi connectivity index (χ0n) is 12.2. The van der Waals surface area contributed by atoms with Crippen LogP contribution in [0.2, 0.25) is 5.02 Å². The number of hydrogen-bond donors (Lipinski definition) is 1. The van der Waals surface area contributed by atoms with Gasteiger partial charge in [-0.15, -0.1) is 0 Å².